The van der Waals surface area contributed by atoms with E-state index >= 15 is 0 Å². The van der Waals surface area contributed by atoms with Gasteiger partial charge >= 0.3 is 5.97 Å². The molecule has 2 fully saturated rings. The van der Waals surface area contributed by atoms with E-state index in [4.69, 9.17) is 39.3 Å². The SMILES string of the molecule is C.N[C@H](CN1CCCC1)[C@H](O)c1cc(F)c2c(c1)OCCO2.O=C(N[C@H](CN1CCCC1)[C@H](O)c1cc(F)c2c(c1)OCCO2)C(=O)c1cccc(Oc2ccc(F)cc2)c1.O=C(O)C(=O)c1cccc(Oc2ccc(F)cc2)c1. The summed E-state index contributed by atoms with van der Waals surface area (Å²) in [7, 11) is 0. The van der Waals surface area contributed by atoms with E-state index in [1.807, 2.05) is 0 Å². The molecule has 0 unspecified atom stereocenters. The molecular weight excluding hydrogens is 1050 g/mol. The molecular formula is C59H62F4N4O13. The Morgan fingerprint density at radius 1 is 0.550 bits per heavy atom. The van der Waals surface area contributed by atoms with Crippen LogP contribution in [0.5, 0.6) is 46.0 Å². The molecule has 0 aliphatic carbocycles. The molecule has 4 aliphatic rings. The summed E-state index contributed by atoms with van der Waals surface area (Å²) >= 11 is 0. The monoisotopic (exact) mass is 1110 g/mol. The van der Waals surface area contributed by atoms with Gasteiger partial charge < -0.3 is 64.6 Å². The second-order valence-corrected chi connectivity index (χ2v) is 18.8. The van der Waals surface area contributed by atoms with Crippen LogP contribution in [0.4, 0.5) is 17.6 Å². The van der Waals surface area contributed by atoms with Crippen molar-refractivity contribution >= 4 is 23.4 Å². The fourth-order valence-electron chi connectivity index (χ4n) is 9.08. The minimum atomic E-state index is -1.53. The quantitative estimate of drug-likeness (QED) is 0.0327. The predicted molar refractivity (Wildman–Crippen MR) is 285 cm³/mol. The number of carbonyl (C=O) groups excluding carboxylic acids is 3. The van der Waals surface area contributed by atoms with E-state index in [0.29, 0.717) is 54.1 Å². The first kappa shape index (κ1) is 59.6. The van der Waals surface area contributed by atoms with E-state index in [9.17, 15) is 47.0 Å². The molecule has 80 heavy (non-hydrogen) atoms. The van der Waals surface area contributed by atoms with Crippen LogP contribution in [0.1, 0.15) is 77.2 Å². The maximum atomic E-state index is 14.7. The summed E-state index contributed by atoms with van der Waals surface area (Å²) in [6.45, 7) is 5.64. The third-order valence-corrected chi connectivity index (χ3v) is 13.0. The highest BCUT2D eigenvalue weighted by Gasteiger charge is 2.32. The Morgan fingerprint density at radius 2 is 0.975 bits per heavy atom. The van der Waals surface area contributed by atoms with Crippen LogP contribution >= 0.6 is 0 Å². The van der Waals surface area contributed by atoms with Gasteiger partial charge in [0, 0.05) is 30.3 Å². The third-order valence-electron chi connectivity index (χ3n) is 13.0. The summed E-state index contributed by atoms with van der Waals surface area (Å²) in [6.07, 6.45) is 2.06. The molecule has 0 bridgehead atoms. The number of halogens is 4. The molecule has 0 spiro atoms. The average Bonchev–Trinajstić information content (AvgIpc) is 4.20. The molecule has 1 amide bonds. The van der Waals surface area contributed by atoms with Gasteiger partial charge in [0.25, 0.3) is 11.7 Å². The van der Waals surface area contributed by atoms with Crippen LogP contribution in [0.15, 0.2) is 121 Å². The van der Waals surface area contributed by atoms with Gasteiger partial charge in [-0.05, 0) is 160 Å². The standard InChI is InChI=1S/C29H28F2N2O6.C15H21FN2O3.C14H9FO4.CH4/c30-20-6-8-21(9-7-20)39-22-5-3-4-18(14-22)27(35)29(36)32-24(17-33-10-1-2-11-33)26(34)19-15-23(31)28-25(16-19)37-12-13-38-28;16-11-7-10(8-13-15(11)21-6-5-20-13)14(19)12(17)9-18-3-1-2-4-18;15-10-4-6-11(7-5-10)19-12-3-1-2-9(8-12)13(16)14(17)18;/h3-9,14-16,24,26,34H,1-2,10-13,17H2,(H,32,36);7-8,12,14,19H,1-6,9,17H2;1-8H,(H,17,18);1H4/t24-,26-;12-,14-;;/m11../s1. The zero-order valence-electron chi connectivity index (χ0n) is 42.7. The number of nitrogens with zero attached hydrogens (tertiary/aromatic N) is 2. The van der Waals surface area contributed by atoms with Gasteiger partial charge in [-0.2, -0.15) is 0 Å². The first-order valence-electron chi connectivity index (χ1n) is 25.5. The highest BCUT2D eigenvalue weighted by atomic mass is 19.1. The number of carboxylic acid groups (broad SMARTS) is 1. The number of nitrogens with two attached hydrogens (primary N) is 1. The van der Waals surface area contributed by atoms with Crippen LogP contribution in [0.25, 0.3) is 0 Å². The molecule has 424 valence electrons. The van der Waals surface area contributed by atoms with E-state index in [-0.39, 0.29) is 66.9 Å². The number of carboxylic acids is 1. The van der Waals surface area contributed by atoms with E-state index < -0.39 is 65.2 Å². The molecule has 0 radical (unpaired) electrons. The van der Waals surface area contributed by atoms with Gasteiger partial charge in [0.05, 0.1) is 12.1 Å². The fourth-order valence-corrected chi connectivity index (χ4v) is 9.08. The summed E-state index contributed by atoms with van der Waals surface area (Å²) in [5.41, 5.74) is 6.80. The summed E-state index contributed by atoms with van der Waals surface area (Å²) in [5, 5.41) is 32.9. The van der Waals surface area contributed by atoms with Gasteiger partial charge in [-0.3, -0.25) is 14.4 Å². The Kier molecular flexibility index (Phi) is 21.0. The van der Waals surface area contributed by atoms with Crippen molar-refractivity contribution in [3.05, 3.63) is 167 Å². The van der Waals surface area contributed by atoms with E-state index in [1.165, 1.54) is 104 Å². The number of rotatable bonds is 17. The van der Waals surface area contributed by atoms with Gasteiger partial charge in [0.1, 0.15) is 67.2 Å². The number of aliphatic hydroxyl groups is 2. The van der Waals surface area contributed by atoms with Crippen molar-refractivity contribution in [2.45, 2.75) is 57.4 Å². The zero-order chi connectivity index (χ0) is 56.0. The lowest BCUT2D eigenvalue weighted by molar-refractivity contribution is -0.131. The molecule has 6 aromatic carbocycles. The minimum Gasteiger partial charge on any atom is -0.486 e. The van der Waals surface area contributed by atoms with Crippen LogP contribution in [-0.4, -0.2) is 126 Å². The molecule has 4 atom stereocenters. The van der Waals surface area contributed by atoms with Gasteiger partial charge in [0.2, 0.25) is 5.78 Å². The van der Waals surface area contributed by atoms with Crippen molar-refractivity contribution in [1.29, 1.82) is 0 Å². The summed E-state index contributed by atoms with van der Waals surface area (Å²) in [6, 6.07) is 26.7. The number of nitrogens with one attached hydrogen (secondary N) is 1. The number of likely N-dealkylation sites (tertiary alicyclic amines) is 2. The number of ether oxygens (including phenoxy) is 6. The van der Waals surface area contributed by atoms with Crippen LogP contribution < -0.4 is 39.5 Å². The summed E-state index contributed by atoms with van der Waals surface area (Å²) in [5.74, 6) is -4.32. The molecule has 0 saturated carbocycles. The molecule has 17 nitrogen and oxygen atoms in total. The predicted octanol–water partition coefficient (Wildman–Crippen LogP) is 8.60. The lowest BCUT2D eigenvalue weighted by atomic mass is 10.00. The molecule has 0 aromatic heterocycles. The van der Waals surface area contributed by atoms with Crippen molar-refractivity contribution in [3.8, 4) is 46.0 Å². The molecule has 10 rings (SSSR count). The van der Waals surface area contributed by atoms with Crippen molar-refractivity contribution in [3.63, 3.8) is 0 Å². The molecule has 21 heteroatoms. The minimum absolute atomic E-state index is 0. The second kappa shape index (κ2) is 28.2. The van der Waals surface area contributed by atoms with E-state index in [1.54, 1.807) is 24.3 Å². The summed E-state index contributed by atoms with van der Waals surface area (Å²) < 4.78 is 87.1. The average molecular weight is 1110 g/mol. The first-order chi connectivity index (χ1) is 38.1. The van der Waals surface area contributed by atoms with Crippen molar-refractivity contribution < 1.29 is 80.5 Å². The number of carbonyl (C=O) groups is 4. The Balaban J connectivity index is 0.000000190. The van der Waals surface area contributed by atoms with Crippen molar-refractivity contribution in [2.75, 3.05) is 65.7 Å². The highest BCUT2D eigenvalue weighted by molar-refractivity contribution is 6.43. The second-order valence-electron chi connectivity index (χ2n) is 18.8. The Bertz CT molecular complexity index is 3090. The zero-order valence-corrected chi connectivity index (χ0v) is 42.7. The number of Topliss-reactive ketones (excluding diaryl/α,β-unsaturated/α-hetero) is 2. The number of aliphatic hydroxyl groups excluding tert-OH is 2. The van der Waals surface area contributed by atoms with Gasteiger partial charge in [-0.25, -0.2) is 22.4 Å². The smallest absolute Gasteiger partial charge is 0.377 e. The summed E-state index contributed by atoms with van der Waals surface area (Å²) in [4.78, 5) is 52.3. The fraction of sp³-hybridized carbons (Fsp3) is 0.322. The largest absolute Gasteiger partial charge is 0.486 e. The molecule has 4 aliphatic heterocycles. The lowest BCUT2D eigenvalue weighted by Gasteiger charge is -2.29. The molecule has 2 saturated heterocycles. The topological polar surface area (TPSA) is 229 Å². The van der Waals surface area contributed by atoms with E-state index in [2.05, 4.69) is 15.1 Å². The van der Waals surface area contributed by atoms with Crippen LogP contribution in [0, 0.1) is 23.3 Å². The number of benzene rings is 6. The number of fused-ring (bicyclic) bond motifs is 2. The van der Waals surface area contributed by atoms with Crippen LogP contribution in [0.2, 0.25) is 0 Å². The van der Waals surface area contributed by atoms with Crippen molar-refractivity contribution in [1.82, 2.24) is 15.1 Å². The number of hydrogen-bond acceptors (Lipinski definition) is 15. The molecule has 4 heterocycles. The maximum absolute atomic E-state index is 14.7. The molecule has 6 aromatic rings. The molecule has 6 N–H and O–H groups in total. The number of amides is 1. The maximum Gasteiger partial charge on any atom is 0.377 e. The van der Waals surface area contributed by atoms with Crippen LogP contribution in [0.3, 0.4) is 0 Å². The normalized spacial score (nSPS) is 15.9. The Morgan fingerprint density at radius 3 is 1.44 bits per heavy atom. The highest BCUT2D eigenvalue weighted by Crippen LogP contribution is 2.38. The number of hydrogen-bond donors (Lipinski definition) is 5. The number of ketones is 2. The van der Waals surface area contributed by atoms with Gasteiger partial charge in [0.15, 0.2) is 34.6 Å². The Hall–Kier alpha value is -8.08. The van der Waals surface area contributed by atoms with Crippen molar-refractivity contribution in [2.24, 2.45) is 5.73 Å². The Labute approximate surface area is 459 Å². The lowest BCUT2D eigenvalue weighted by Crippen LogP contribution is -2.48. The van der Waals surface area contributed by atoms with Gasteiger partial charge in [-0.15, -0.1) is 0 Å². The first-order valence-corrected chi connectivity index (χ1v) is 25.5. The number of aliphatic carboxylic acids is 1. The van der Waals surface area contributed by atoms with Crippen LogP contribution in [-0.2, 0) is 9.59 Å². The van der Waals surface area contributed by atoms with Gasteiger partial charge in [-0.1, -0.05) is 31.7 Å². The third kappa shape index (κ3) is 16.0. The van der Waals surface area contributed by atoms with E-state index in [0.717, 1.165) is 45.1 Å².